The van der Waals surface area contributed by atoms with Crippen LogP contribution >= 0.6 is 0 Å². The third-order valence-electron chi connectivity index (χ3n) is 2.43. The summed E-state index contributed by atoms with van der Waals surface area (Å²) in [5.74, 6) is -1.55. The van der Waals surface area contributed by atoms with E-state index in [-0.39, 0.29) is 12.9 Å². The standard InChI is InChI=1S/C12H8F6O3/c1-2-21-10(20)7-4-3-6(5-19)8(11(13,14)15)9(7)12(16,17)18/h3-5H,2H2,1H3. The van der Waals surface area contributed by atoms with E-state index < -0.39 is 40.6 Å². The summed E-state index contributed by atoms with van der Waals surface area (Å²) >= 11 is 0. The number of carbonyl (C=O) groups excluding carboxylic acids is 2. The lowest BCUT2D eigenvalue weighted by molar-refractivity contribution is -0.162. The van der Waals surface area contributed by atoms with Crippen LogP contribution in [-0.4, -0.2) is 18.9 Å². The first-order chi connectivity index (χ1) is 9.54. The van der Waals surface area contributed by atoms with E-state index in [0.29, 0.717) is 12.1 Å². The number of rotatable bonds is 3. The van der Waals surface area contributed by atoms with Crippen LogP contribution in [-0.2, 0) is 17.1 Å². The van der Waals surface area contributed by atoms with E-state index in [4.69, 9.17) is 0 Å². The summed E-state index contributed by atoms with van der Waals surface area (Å²) in [5.41, 5.74) is -6.92. The number of benzene rings is 1. The van der Waals surface area contributed by atoms with E-state index >= 15 is 0 Å². The minimum absolute atomic E-state index is 0.313. The molecule has 0 aliphatic rings. The van der Waals surface area contributed by atoms with Crippen molar-refractivity contribution in [2.24, 2.45) is 0 Å². The lowest BCUT2D eigenvalue weighted by Crippen LogP contribution is -2.23. The van der Waals surface area contributed by atoms with Crippen molar-refractivity contribution in [3.8, 4) is 0 Å². The quantitative estimate of drug-likeness (QED) is 0.485. The first-order valence-corrected chi connectivity index (χ1v) is 5.47. The van der Waals surface area contributed by atoms with E-state index in [9.17, 15) is 35.9 Å². The first kappa shape index (κ1) is 17.0. The normalized spacial score (nSPS) is 12.1. The number of hydrogen-bond donors (Lipinski definition) is 0. The number of alkyl halides is 6. The average molecular weight is 314 g/mol. The van der Waals surface area contributed by atoms with Crippen molar-refractivity contribution in [2.45, 2.75) is 19.3 Å². The Morgan fingerprint density at radius 1 is 1.10 bits per heavy atom. The minimum Gasteiger partial charge on any atom is -0.462 e. The molecule has 9 heteroatoms. The van der Waals surface area contributed by atoms with Crippen molar-refractivity contribution < 1.29 is 40.7 Å². The molecule has 0 heterocycles. The molecule has 3 nitrogen and oxygen atoms in total. The van der Waals surface area contributed by atoms with Crippen molar-refractivity contribution in [3.63, 3.8) is 0 Å². The maximum Gasteiger partial charge on any atom is 0.417 e. The van der Waals surface area contributed by atoms with E-state index in [0.717, 1.165) is 0 Å². The van der Waals surface area contributed by atoms with Gasteiger partial charge in [0.2, 0.25) is 0 Å². The second-order valence-electron chi connectivity index (χ2n) is 3.79. The molecule has 0 spiro atoms. The number of carbonyl (C=O) groups is 2. The van der Waals surface area contributed by atoms with Gasteiger partial charge in [-0.3, -0.25) is 4.79 Å². The number of esters is 1. The van der Waals surface area contributed by atoms with Gasteiger partial charge in [-0.25, -0.2) is 4.79 Å². The molecule has 0 fully saturated rings. The topological polar surface area (TPSA) is 43.4 Å². The van der Waals surface area contributed by atoms with Crippen LogP contribution in [0.2, 0.25) is 0 Å². The van der Waals surface area contributed by atoms with E-state index in [1.54, 1.807) is 0 Å². The Hall–Kier alpha value is -2.06. The van der Waals surface area contributed by atoms with Crippen LogP contribution < -0.4 is 0 Å². The predicted molar refractivity (Wildman–Crippen MR) is 57.8 cm³/mol. The van der Waals surface area contributed by atoms with Gasteiger partial charge in [-0.2, -0.15) is 26.3 Å². The molecule has 0 saturated heterocycles. The molecule has 21 heavy (non-hydrogen) atoms. The summed E-state index contributed by atoms with van der Waals surface area (Å²) in [7, 11) is 0. The van der Waals surface area contributed by atoms with Gasteiger partial charge in [-0.15, -0.1) is 0 Å². The second-order valence-corrected chi connectivity index (χ2v) is 3.79. The van der Waals surface area contributed by atoms with E-state index in [2.05, 4.69) is 4.74 Å². The van der Waals surface area contributed by atoms with Crippen molar-refractivity contribution in [3.05, 3.63) is 34.4 Å². The van der Waals surface area contributed by atoms with Crippen LogP contribution in [0.25, 0.3) is 0 Å². The largest absolute Gasteiger partial charge is 0.462 e. The Balaban J connectivity index is 3.78. The highest BCUT2D eigenvalue weighted by atomic mass is 19.4. The molecule has 0 aliphatic heterocycles. The van der Waals surface area contributed by atoms with Crippen LogP contribution in [0.5, 0.6) is 0 Å². The molecule has 0 N–H and O–H groups in total. The van der Waals surface area contributed by atoms with Crippen molar-refractivity contribution >= 4 is 12.3 Å². The Bertz CT molecular complexity index is 559. The van der Waals surface area contributed by atoms with Crippen molar-refractivity contribution in [1.29, 1.82) is 0 Å². The minimum atomic E-state index is -5.48. The van der Waals surface area contributed by atoms with Gasteiger partial charge in [0, 0.05) is 5.56 Å². The summed E-state index contributed by atoms with van der Waals surface area (Å²) in [6.45, 7) is 0.975. The van der Waals surface area contributed by atoms with Crippen LogP contribution in [0, 0.1) is 0 Å². The Morgan fingerprint density at radius 3 is 2.00 bits per heavy atom. The molecule has 0 atom stereocenters. The molecular weight excluding hydrogens is 306 g/mol. The van der Waals surface area contributed by atoms with E-state index in [1.165, 1.54) is 6.92 Å². The Kier molecular flexibility index (Phi) is 4.65. The summed E-state index contributed by atoms with van der Waals surface area (Å²) in [6, 6.07) is 0.983. The summed E-state index contributed by atoms with van der Waals surface area (Å²) < 4.78 is 81.6. The zero-order chi connectivity index (χ0) is 16.4. The van der Waals surface area contributed by atoms with Gasteiger partial charge >= 0.3 is 18.3 Å². The molecule has 0 radical (unpaired) electrons. The fourth-order valence-corrected chi connectivity index (χ4v) is 1.70. The molecule has 0 saturated carbocycles. The molecule has 0 amide bonds. The first-order valence-electron chi connectivity index (χ1n) is 5.47. The lowest BCUT2D eigenvalue weighted by atomic mass is 9.95. The van der Waals surface area contributed by atoms with Crippen LogP contribution in [0.3, 0.4) is 0 Å². The Morgan fingerprint density at radius 2 is 1.62 bits per heavy atom. The highest BCUT2D eigenvalue weighted by Gasteiger charge is 2.47. The maximum atomic E-state index is 12.9. The number of ether oxygens (including phenoxy) is 1. The summed E-state index contributed by atoms with van der Waals surface area (Å²) in [6.07, 6.45) is -11.3. The molecule has 1 rings (SSSR count). The fourth-order valence-electron chi connectivity index (χ4n) is 1.70. The average Bonchev–Trinajstić information content (AvgIpc) is 2.35. The summed E-state index contributed by atoms with van der Waals surface area (Å²) in [4.78, 5) is 22.0. The summed E-state index contributed by atoms with van der Waals surface area (Å²) in [5, 5.41) is 0. The molecule has 1 aromatic carbocycles. The highest BCUT2D eigenvalue weighted by molar-refractivity contribution is 5.93. The molecule has 0 aliphatic carbocycles. The predicted octanol–water partition coefficient (Wildman–Crippen LogP) is 3.71. The number of hydrogen-bond acceptors (Lipinski definition) is 3. The smallest absolute Gasteiger partial charge is 0.417 e. The van der Waals surface area contributed by atoms with Crippen LogP contribution in [0.4, 0.5) is 26.3 Å². The number of halogens is 6. The fraction of sp³-hybridized carbons (Fsp3) is 0.333. The van der Waals surface area contributed by atoms with Gasteiger partial charge in [-0.1, -0.05) is 6.07 Å². The highest BCUT2D eigenvalue weighted by Crippen LogP contribution is 2.43. The van der Waals surface area contributed by atoms with Crippen molar-refractivity contribution in [2.75, 3.05) is 6.61 Å². The van der Waals surface area contributed by atoms with Gasteiger partial charge in [0.05, 0.1) is 23.3 Å². The van der Waals surface area contributed by atoms with Gasteiger partial charge in [0.1, 0.15) is 0 Å². The van der Waals surface area contributed by atoms with Crippen LogP contribution in [0.1, 0.15) is 38.8 Å². The third-order valence-corrected chi connectivity index (χ3v) is 2.43. The van der Waals surface area contributed by atoms with Gasteiger partial charge in [-0.05, 0) is 13.0 Å². The zero-order valence-electron chi connectivity index (χ0n) is 10.4. The van der Waals surface area contributed by atoms with E-state index in [1.807, 2.05) is 0 Å². The van der Waals surface area contributed by atoms with Gasteiger partial charge in [0.25, 0.3) is 0 Å². The lowest BCUT2D eigenvalue weighted by Gasteiger charge is -2.19. The zero-order valence-corrected chi connectivity index (χ0v) is 10.4. The molecule has 0 aromatic heterocycles. The van der Waals surface area contributed by atoms with Crippen molar-refractivity contribution in [1.82, 2.24) is 0 Å². The van der Waals surface area contributed by atoms with Gasteiger partial charge < -0.3 is 4.74 Å². The third kappa shape index (κ3) is 3.53. The Labute approximate surface area is 114 Å². The second kappa shape index (κ2) is 5.74. The van der Waals surface area contributed by atoms with Gasteiger partial charge in [0.15, 0.2) is 6.29 Å². The molecule has 0 bridgehead atoms. The monoisotopic (exact) mass is 314 g/mol. The SMILES string of the molecule is CCOC(=O)c1ccc(C=O)c(C(F)(F)F)c1C(F)(F)F. The molecule has 1 aromatic rings. The maximum absolute atomic E-state index is 12.9. The molecular formula is C12H8F6O3. The van der Waals surface area contributed by atoms with Crippen LogP contribution in [0.15, 0.2) is 12.1 Å². The number of aldehydes is 1. The molecule has 116 valence electrons. The molecule has 0 unspecified atom stereocenters.